The Morgan fingerprint density at radius 3 is 2.62 bits per heavy atom. The smallest absolute Gasteiger partial charge is 0.222 e. The lowest BCUT2D eigenvalue weighted by atomic mass is 9.99. The molecule has 0 spiro atoms. The van der Waals surface area contributed by atoms with E-state index in [0.29, 0.717) is 75.4 Å². The number of rotatable bonds is 8. The molecule has 1 saturated heterocycles. The van der Waals surface area contributed by atoms with Crippen molar-refractivity contribution in [3.8, 4) is 34.0 Å². The lowest BCUT2D eigenvalue weighted by Gasteiger charge is -2.18. The molecule has 228 valence electrons. The van der Waals surface area contributed by atoms with Gasteiger partial charge in [0.1, 0.15) is 23.7 Å². The Hall–Kier alpha value is -4.51. The Morgan fingerprint density at radius 2 is 1.82 bits per heavy atom. The fourth-order valence-corrected chi connectivity index (χ4v) is 6.45. The first-order valence-electron chi connectivity index (χ1n) is 14.6. The van der Waals surface area contributed by atoms with E-state index in [1.165, 1.54) is 0 Å². The van der Waals surface area contributed by atoms with Crippen molar-refractivity contribution in [3.63, 3.8) is 0 Å². The average Bonchev–Trinajstić information content (AvgIpc) is 3.66. The molecule has 5 heterocycles. The number of pyridine rings is 2. The van der Waals surface area contributed by atoms with Gasteiger partial charge >= 0.3 is 0 Å². The first-order valence-corrected chi connectivity index (χ1v) is 15.3. The molecule has 0 radical (unpaired) electrons. The zero-order valence-corrected chi connectivity index (χ0v) is 26.0. The minimum atomic E-state index is -0.115. The summed E-state index contributed by atoms with van der Waals surface area (Å²) in [6.45, 7) is 2.90. The topological polar surface area (TPSA) is 123 Å². The Balaban J connectivity index is 1.20. The van der Waals surface area contributed by atoms with Crippen LogP contribution in [0.1, 0.15) is 30.3 Å². The molecule has 2 aromatic carbocycles. The standard InChI is InChI=1S/C33H29Cl2N7O3/c1-17-38-23-10-5-13-36-31(23)32(39-17)41-22-9-4-7-20(30(22)35)19-6-3-8-21(29(19)34)24-14-26-28(33(42-24)44-2)25(16-45-26)37-15-18-11-12-27(43)40-18/h3-10,13-14,18,25,37H,11-12,15-16H2,1-2H3,(H,40,43)(H,38,39,41). The third kappa shape index (κ3) is 5.61. The van der Waals surface area contributed by atoms with Crippen molar-refractivity contribution in [1.82, 2.24) is 30.6 Å². The van der Waals surface area contributed by atoms with Crippen molar-refractivity contribution >= 4 is 51.6 Å². The number of hydrogen-bond donors (Lipinski definition) is 3. The van der Waals surface area contributed by atoms with Crippen molar-refractivity contribution in [2.75, 3.05) is 25.6 Å². The van der Waals surface area contributed by atoms with E-state index in [0.717, 1.165) is 28.6 Å². The van der Waals surface area contributed by atoms with Crippen LogP contribution in [0.5, 0.6) is 11.6 Å². The molecule has 3 aromatic heterocycles. The molecule has 5 aromatic rings. The number of methoxy groups -OCH3 is 1. The molecule has 1 fully saturated rings. The minimum Gasteiger partial charge on any atom is -0.491 e. The largest absolute Gasteiger partial charge is 0.491 e. The number of ether oxygens (including phenoxy) is 2. The third-order valence-electron chi connectivity index (χ3n) is 8.01. The van der Waals surface area contributed by atoms with E-state index in [1.807, 2.05) is 61.5 Å². The van der Waals surface area contributed by atoms with E-state index in [1.54, 1.807) is 13.3 Å². The molecule has 45 heavy (non-hydrogen) atoms. The van der Waals surface area contributed by atoms with E-state index < -0.39 is 0 Å². The van der Waals surface area contributed by atoms with Gasteiger partial charge in [-0.05, 0) is 31.5 Å². The highest BCUT2D eigenvalue weighted by Gasteiger charge is 2.32. The number of nitrogens with zero attached hydrogens (tertiary/aromatic N) is 4. The van der Waals surface area contributed by atoms with Gasteiger partial charge in [-0.2, -0.15) is 0 Å². The summed E-state index contributed by atoms with van der Waals surface area (Å²) >= 11 is 14.1. The summed E-state index contributed by atoms with van der Waals surface area (Å²) in [7, 11) is 1.59. The molecular formula is C33H29Cl2N7O3. The van der Waals surface area contributed by atoms with E-state index in [4.69, 9.17) is 37.7 Å². The molecular weight excluding hydrogens is 613 g/mol. The van der Waals surface area contributed by atoms with Crippen LogP contribution in [0.25, 0.3) is 33.4 Å². The van der Waals surface area contributed by atoms with Gasteiger partial charge < -0.3 is 25.4 Å². The van der Waals surface area contributed by atoms with E-state index in [2.05, 4.69) is 30.9 Å². The van der Waals surface area contributed by atoms with Crippen molar-refractivity contribution < 1.29 is 14.3 Å². The summed E-state index contributed by atoms with van der Waals surface area (Å²) in [5.74, 6) is 2.40. The van der Waals surface area contributed by atoms with Crippen LogP contribution in [-0.2, 0) is 4.79 Å². The molecule has 2 unspecified atom stereocenters. The monoisotopic (exact) mass is 641 g/mol. The van der Waals surface area contributed by atoms with Crippen LogP contribution < -0.4 is 25.4 Å². The fourth-order valence-electron chi connectivity index (χ4n) is 5.85. The quantitative estimate of drug-likeness (QED) is 0.176. The summed E-state index contributed by atoms with van der Waals surface area (Å²) in [4.78, 5) is 30.0. The van der Waals surface area contributed by atoms with E-state index >= 15 is 0 Å². The van der Waals surface area contributed by atoms with Crippen molar-refractivity contribution in [1.29, 1.82) is 0 Å². The molecule has 10 nitrogen and oxygen atoms in total. The molecule has 3 N–H and O–H groups in total. The highest BCUT2D eigenvalue weighted by Crippen LogP contribution is 2.45. The number of benzene rings is 2. The molecule has 2 atom stereocenters. The fraction of sp³-hybridized carbons (Fsp3) is 0.242. The summed E-state index contributed by atoms with van der Waals surface area (Å²) in [6.07, 6.45) is 3.07. The second-order valence-electron chi connectivity index (χ2n) is 11.0. The lowest BCUT2D eigenvalue weighted by Crippen LogP contribution is -2.37. The van der Waals surface area contributed by atoms with Crippen LogP contribution in [-0.4, -0.2) is 52.1 Å². The highest BCUT2D eigenvalue weighted by molar-refractivity contribution is 6.39. The third-order valence-corrected chi connectivity index (χ3v) is 8.83. The van der Waals surface area contributed by atoms with Crippen LogP contribution in [0.4, 0.5) is 11.5 Å². The van der Waals surface area contributed by atoms with Gasteiger partial charge in [-0.3, -0.25) is 9.78 Å². The zero-order chi connectivity index (χ0) is 31.1. The molecule has 2 aliphatic rings. The Labute approximate surface area is 269 Å². The van der Waals surface area contributed by atoms with Gasteiger partial charge in [-0.1, -0.05) is 53.5 Å². The first-order chi connectivity index (χ1) is 21.9. The van der Waals surface area contributed by atoms with Gasteiger partial charge in [0.25, 0.3) is 0 Å². The van der Waals surface area contributed by atoms with Crippen molar-refractivity contribution in [2.24, 2.45) is 0 Å². The molecule has 2 aliphatic heterocycles. The first kappa shape index (κ1) is 29.2. The summed E-state index contributed by atoms with van der Waals surface area (Å²) in [5, 5.41) is 10.8. The van der Waals surface area contributed by atoms with Crippen molar-refractivity contribution in [2.45, 2.75) is 31.8 Å². The normalized spacial score (nSPS) is 17.2. The number of hydrogen-bond acceptors (Lipinski definition) is 9. The van der Waals surface area contributed by atoms with Crippen LogP contribution >= 0.6 is 23.2 Å². The molecule has 7 rings (SSSR count). The maximum Gasteiger partial charge on any atom is 0.222 e. The second kappa shape index (κ2) is 12.1. The number of carbonyl (C=O) groups excluding carboxylic acids is 1. The lowest BCUT2D eigenvalue weighted by molar-refractivity contribution is -0.119. The SMILES string of the molecule is COc1nc(-c2cccc(-c3cccc(Nc4nc(C)nc5cccnc45)c3Cl)c2Cl)cc2c1C(NCC1CCC(=O)N1)CO2. The number of aryl methyl sites for hydroxylation is 1. The Kier molecular flexibility index (Phi) is 7.87. The minimum absolute atomic E-state index is 0.0869. The van der Waals surface area contributed by atoms with Crippen LogP contribution in [0.15, 0.2) is 60.8 Å². The van der Waals surface area contributed by atoms with E-state index in [9.17, 15) is 4.79 Å². The van der Waals surface area contributed by atoms with Gasteiger partial charge in [0.05, 0.1) is 45.7 Å². The average molecular weight is 643 g/mol. The highest BCUT2D eigenvalue weighted by atomic mass is 35.5. The van der Waals surface area contributed by atoms with Gasteiger partial charge in [0.15, 0.2) is 5.82 Å². The van der Waals surface area contributed by atoms with Crippen LogP contribution in [0.3, 0.4) is 0 Å². The molecule has 1 amide bonds. The maximum absolute atomic E-state index is 11.6. The maximum atomic E-state index is 11.6. The van der Waals surface area contributed by atoms with Crippen molar-refractivity contribution in [3.05, 3.63) is 82.2 Å². The molecule has 12 heteroatoms. The number of anilines is 2. The molecule has 0 saturated carbocycles. The summed E-state index contributed by atoms with van der Waals surface area (Å²) in [6, 6.07) is 17.1. The molecule has 0 bridgehead atoms. The number of halogens is 2. The predicted molar refractivity (Wildman–Crippen MR) is 174 cm³/mol. The zero-order valence-electron chi connectivity index (χ0n) is 24.5. The number of amides is 1. The van der Waals surface area contributed by atoms with Gasteiger partial charge in [0, 0.05) is 48.0 Å². The number of aromatic nitrogens is 4. The van der Waals surface area contributed by atoms with E-state index in [-0.39, 0.29) is 18.0 Å². The number of fused-ring (bicyclic) bond motifs is 2. The van der Waals surface area contributed by atoms with Gasteiger partial charge in [-0.15, -0.1) is 0 Å². The second-order valence-corrected chi connectivity index (χ2v) is 11.7. The summed E-state index contributed by atoms with van der Waals surface area (Å²) in [5.41, 5.74) is 5.69. The number of carbonyl (C=O) groups is 1. The number of nitrogens with one attached hydrogen (secondary N) is 3. The van der Waals surface area contributed by atoms with Gasteiger partial charge in [-0.25, -0.2) is 15.0 Å². The van der Waals surface area contributed by atoms with Gasteiger partial charge in [0.2, 0.25) is 11.8 Å². The summed E-state index contributed by atoms with van der Waals surface area (Å²) < 4.78 is 11.8. The van der Waals surface area contributed by atoms with Crippen LogP contribution in [0, 0.1) is 6.92 Å². The molecule has 0 aliphatic carbocycles. The van der Waals surface area contributed by atoms with Crippen LogP contribution in [0.2, 0.25) is 10.0 Å². The Morgan fingerprint density at radius 1 is 1.02 bits per heavy atom. The predicted octanol–water partition coefficient (Wildman–Crippen LogP) is 6.42. The Bertz CT molecular complexity index is 1950.